The van der Waals surface area contributed by atoms with Crippen LogP contribution >= 0.6 is 0 Å². The van der Waals surface area contributed by atoms with Gasteiger partial charge in [-0.3, -0.25) is 4.90 Å². The second-order valence-electron chi connectivity index (χ2n) is 8.23. The number of hydrogen-bond acceptors (Lipinski definition) is 4. The lowest BCUT2D eigenvalue weighted by Crippen LogP contribution is -2.46. The summed E-state index contributed by atoms with van der Waals surface area (Å²) >= 11 is 0. The standard InChI is InChI=1S/C22H39N5O/c1-7-23-22(25-20-16-27(17(2)3)15-18(20)4)24-14-19-10-8-9-11-21(19)28-13-12-26(5)6/h8-11,17-18,20H,7,12-16H2,1-6H3,(H2,23,24,25). The maximum absolute atomic E-state index is 5.97. The number of aliphatic imine (C=N–C) groups is 1. The van der Waals surface area contributed by atoms with Crippen LogP contribution in [-0.4, -0.2) is 74.7 Å². The van der Waals surface area contributed by atoms with Crippen LogP contribution in [0.3, 0.4) is 0 Å². The van der Waals surface area contributed by atoms with Gasteiger partial charge in [0, 0.05) is 43.8 Å². The molecule has 2 atom stereocenters. The highest BCUT2D eigenvalue weighted by Gasteiger charge is 2.31. The van der Waals surface area contributed by atoms with E-state index in [2.05, 4.69) is 68.3 Å². The Balaban J connectivity index is 2.01. The zero-order valence-corrected chi connectivity index (χ0v) is 18.5. The van der Waals surface area contributed by atoms with E-state index in [1.807, 2.05) is 18.2 Å². The third-order valence-corrected chi connectivity index (χ3v) is 5.21. The van der Waals surface area contributed by atoms with Crippen molar-refractivity contribution in [3.05, 3.63) is 29.8 Å². The minimum absolute atomic E-state index is 0.423. The summed E-state index contributed by atoms with van der Waals surface area (Å²) in [5.41, 5.74) is 1.11. The molecule has 1 fully saturated rings. The summed E-state index contributed by atoms with van der Waals surface area (Å²) in [4.78, 5) is 9.49. The lowest BCUT2D eigenvalue weighted by molar-refractivity contribution is 0.259. The van der Waals surface area contributed by atoms with Gasteiger partial charge in [0.1, 0.15) is 12.4 Å². The molecule has 1 aliphatic rings. The highest BCUT2D eigenvalue weighted by Crippen LogP contribution is 2.20. The Hall–Kier alpha value is -1.79. The number of likely N-dealkylation sites (tertiary alicyclic amines) is 1. The number of likely N-dealkylation sites (N-methyl/N-ethyl adjacent to an activating group) is 1. The topological polar surface area (TPSA) is 52.1 Å². The second kappa shape index (κ2) is 11.3. The van der Waals surface area contributed by atoms with Crippen LogP contribution in [0.1, 0.15) is 33.3 Å². The van der Waals surface area contributed by atoms with E-state index >= 15 is 0 Å². The van der Waals surface area contributed by atoms with E-state index in [4.69, 9.17) is 9.73 Å². The Kier molecular flexibility index (Phi) is 9.06. The molecule has 0 spiro atoms. The van der Waals surface area contributed by atoms with Crippen LogP contribution in [0.15, 0.2) is 29.3 Å². The van der Waals surface area contributed by atoms with Gasteiger partial charge in [-0.25, -0.2) is 4.99 Å². The third-order valence-electron chi connectivity index (χ3n) is 5.21. The zero-order chi connectivity index (χ0) is 20.5. The molecule has 2 unspecified atom stereocenters. The van der Waals surface area contributed by atoms with Crippen molar-refractivity contribution in [1.29, 1.82) is 0 Å². The number of nitrogens with one attached hydrogen (secondary N) is 2. The van der Waals surface area contributed by atoms with Crippen molar-refractivity contribution >= 4 is 5.96 Å². The molecule has 6 nitrogen and oxygen atoms in total. The Morgan fingerprint density at radius 3 is 2.68 bits per heavy atom. The number of ether oxygens (including phenoxy) is 1. The van der Waals surface area contributed by atoms with Crippen LogP contribution < -0.4 is 15.4 Å². The monoisotopic (exact) mass is 389 g/mol. The number of para-hydroxylation sites is 1. The summed E-state index contributed by atoms with van der Waals surface area (Å²) in [7, 11) is 4.11. The van der Waals surface area contributed by atoms with Gasteiger partial charge < -0.3 is 20.3 Å². The fourth-order valence-corrected chi connectivity index (χ4v) is 3.39. The summed E-state index contributed by atoms with van der Waals surface area (Å²) in [5.74, 6) is 2.41. The predicted molar refractivity (Wildman–Crippen MR) is 118 cm³/mol. The highest BCUT2D eigenvalue weighted by molar-refractivity contribution is 5.80. The van der Waals surface area contributed by atoms with Crippen LogP contribution in [0, 0.1) is 5.92 Å². The van der Waals surface area contributed by atoms with E-state index in [-0.39, 0.29) is 0 Å². The van der Waals surface area contributed by atoms with Gasteiger partial charge in [-0.15, -0.1) is 0 Å². The fraction of sp³-hybridized carbons (Fsp3) is 0.682. The summed E-state index contributed by atoms with van der Waals surface area (Å²) in [6.07, 6.45) is 0. The number of benzene rings is 1. The molecule has 158 valence electrons. The first kappa shape index (κ1) is 22.5. The van der Waals surface area contributed by atoms with Gasteiger partial charge in [0.15, 0.2) is 5.96 Å². The first-order valence-corrected chi connectivity index (χ1v) is 10.5. The van der Waals surface area contributed by atoms with Crippen molar-refractivity contribution in [3.63, 3.8) is 0 Å². The maximum Gasteiger partial charge on any atom is 0.191 e. The van der Waals surface area contributed by atoms with Crippen LogP contribution in [0.2, 0.25) is 0 Å². The van der Waals surface area contributed by atoms with E-state index in [1.54, 1.807) is 0 Å². The summed E-state index contributed by atoms with van der Waals surface area (Å²) in [5, 5.41) is 7.04. The highest BCUT2D eigenvalue weighted by atomic mass is 16.5. The molecule has 1 aromatic rings. The normalized spacial score (nSPS) is 20.8. The van der Waals surface area contributed by atoms with E-state index in [0.717, 1.165) is 43.5 Å². The number of rotatable bonds is 9. The largest absolute Gasteiger partial charge is 0.492 e. The van der Waals surface area contributed by atoms with E-state index in [1.165, 1.54) is 0 Å². The van der Waals surface area contributed by atoms with Crippen molar-refractivity contribution in [3.8, 4) is 5.75 Å². The zero-order valence-electron chi connectivity index (χ0n) is 18.5. The molecule has 2 rings (SSSR count). The predicted octanol–water partition coefficient (Wildman–Crippen LogP) is 2.41. The molecule has 1 heterocycles. The third kappa shape index (κ3) is 6.99. The summed E-state index contributed by atoms with van der Waals surface area (Å²) < 4.78 is 5.97. The minimum atomic E-state index is 0.423. The van der Waals surface area contributed by atoms with Gasteiger partial charge in [0.05, 0.1) is 6.54 Å². The Labute approximate surface area is 171 Å². The fourth-order valence-electron chi connectivity index (χ4n) is 3.39. The molecule has 6 heteroatoms. The average Bonchev–Trinajstić information content (AvgIpc) is 3.01. The summed E-state index contributed by atoms with van der Waals surface area (Å²) in [6, 6.07) is 9.19. The van der Waals surface area contributed by atoms with Gasteiger partial charge in [-0.05, 0) is 46.9 Å². The molecule has 1 saturated heterocycles. The molecule has 0 aliphatic carbocycles. The summed E-state index contributed by atoms with van der Waals surface area (Å²) in [6.45, 7) is 14.2. The molecule has 0 amide bonds. The van der Waals surface area contributed by atoms with Crippen molar-refractivity contribution in [2.45, 2.75) is 46.3 Å². The van der Waals surface area contributed by atoms with Crippen molar-refractivity contribution in [2.24, 2.45) is 10.9 Å². The Bertz CT molecular complexity index is 617. The number of guanidine groups is 1. The molecular weight excluding hydrogens is 350 g/mol. The smallest absolute Gasteiger partial charge is 0.191 e. The second-order valence-corrected chi connectivity index (χ2v) is 8.23. The quantitative estimate of drug-likeness (QED) is 0.502. The Morgan fingerprint density at radius 1 is 1.29 bits per heavy atom. The first-order chi connectivity index (χ1) is 13.4. The van der Waals surface area contributed by atoms with Gasteiger partial charge >= 0.3 is 0 Å². The molecule has 1 aromatic carbocycles. The van der Waals surface area contributed by atoms with Gasteiger partial charge in [-0.2, -0.15) is 0 Å². The molecule has 2 N–H and O–H groups in total. The van der Waals surface area contributed by atoms with E-state index in [9.17, 15) is 0 Å². The van der Waals surface area contributed by atoms with Crippen molar-refractivity contribution < 1.29 is 4.74 Å². The molecule has 0 bridgehead atoms. The van der Waals surface area contributed by atoms with Crippen molar-refractivity contribution in [2.75, 3.05) is 46.9 Å². The minimum Gasteiger partial charge on any atom is -0.492 e. The maximum atomic E-state index is 5.97. The van der Waals surface area contributed by atoms with Crippen LogP contribution in [0.5, 0.6) is 5.75 Å². The van der Waals surface area contributed by atoms with Gasteiger partial charge in [0.25, 0.3) is 0 Å². The average molecular weight is 390 g/mol. The molecule has 0 radical (unpaired) electrons. The van der Waals surface area contributed by atoms with Crippen molar-refractivity contribution in [1.82, 2.24) is 20.4 Å². The number of hydrogen-bond donors (Lipinski definition) is 2. The first-order valence-electron chi connectivity index (χ1n) is 10.5. The molecule has 1 aliphatic heterocycles. The van der Waals surface area contributed by atoms with E-state index < -0.39 is 0 Å². The number of nitrogens with zero attached hydrogens (tertiary/aromatic N) is 3. The lowest BCUT2D eigenvalue weighted by Gasteiger charge is -2.22. The Morgan fingerprint density at radius 2 is 2.04 bits per heavy atom. The van der Waals surface area contributed by atoms with Gasteiger partial charge in [0.2, 0.25) is 0 Å². The molecule has 0 saturated carbocycles. The van der Waals surface area contributed by atoms with Crippen LogP contribution in [-0.2, 0) is 6.54 Å². The van der Waals surface area contributed by atoms with Crippen LogP contribution in [0.25, 0.3) is 0 Å². The SMILES string of the molecule is CCNC(=NCc1ccccc1OCCN(C)C)NC1CN(C(C)C)CC1C. The molecular formula is C22H39N5O. The van der Waals surface area contributed by atoms with Crippen LogP contribution in [0.4, 0.5) is 0 Å². The van der Waals surface area contributed by atoms with Gasteiger partial charge in [-0.1, -0.05) is 25.1 Å². The molecule has 28 heavy (non-hydrogen) atoms. The lowest BCUT2D eigenvalue weighted by atomic mass is 10.1. The molecule has 0 aromatic heterocycles. The van der Waals surface area contributed by atoms with E-state index in [0.29, 0.717) is 31.2 Å².